The van der Waals surface area contributed by atoms with E-state index < -0.39 is 0 Å². The highest BCUT2D eigenvalue weighted by atomic mass is 32.1. The van der Waals surface area contributed by atoms with Gasteiger partial charge in [-0.2, -0.15) is 0 Å². The molecule has 0 aromatic heterocycles. The van der Waals surface area contributed by atoms with E-state index in [4.69, 9.17) is 12.2 Å². The van der Waals surface area contributed by atoms with Crippen molar-refractivity contribution < 1.29 is 0 Å². The Morgan fingerprint density at radius 2 is 2.22 bits per heavy atom. The molecule has 0 amide bonds. The molecule has 0 aliphatic rings. The lowest BCUT2D eigenvalue weighted by atomic mass is 10.0. The third kappa shape index (κ3) is 5.97. The molecule has 0 nitrogen and oxygen atoms in total. The molecule has 1 heteroatoms. The maximum Gasteiger partial charge on any atom is -0.0208 e. The van der Waals surface area contributed by atoms with Gasteiger partial charge in [0.1, 0.15) is 0 Å². The van der Waals surface area contributed by atoms with Crippen molar-refractivity contribution in [2.24, 2.45) is 5.92 Å². The van der Waals surface area contributed by atoms with E-state index in [1.54, 1.807) is 0 Å². The van der Waals surface area contributed by atoms with Crippen LogP contribution in [0.15, 0.2) is 0 Å². The Morgan fingerprint density at radius 1 is 1.56 bits per heavy atom. The van der Waals surface area contributed by atoms with E-state index in [1.165, 1.54) is 19.3 Å². The molecule has 0 saturated carbocycles. The van der Waals surface area contributed by atoms with Crippen molar-refractivity contribution in [1.82, 2.24) is 0 Å². The normalized spacial score (nSPS) is 13.1. The van der Waals surface area contributed by atoms with Gasteiger partial charge in [-0.15, -0.1) is 0 Å². The van der Waals surface area contributed by atoms with Gasteiger partial charge in [0.2, 0.25) is 0 Å². The lowest BCUT2D eigenvalue weighted by Gasteiger charge is -2.04. The molecule has 0 heterocycles. The zero-order chi connectivity index (χ0) is 7.11. The van der Waals surface area contributed by atoms with Gasteiger partial charge in [-0.1, -0.05) is 45.3 Å². The number of unbranched alkanes of at least 4 members (excludes halogenated alkanes) is 1. The summed E-state index contributed by atoms with van der Waals surface area (Å²) in [6.45, 7) is 4.49. The van der Waals surface area contributed by atoms with Gasteiger partial charge < -0.3 is 0 Å². The standard InChI is InChI=1S/C8H16S/c1-3-4-5-8(2)6-7-9/h7-8H,3-6H2,1-2H3. The number of rotatable bonds is 5. The third-order valence-corrected chi connectivity index (χ3v) is 1.74. The van der Waals surface area contributed by atoms with Gasteiger partial charge in [0.25, 0.3) is 0 Å². The molecule has 1 atom stereocenters. The van der Waals surface area contributed by atoms with Crippen molar-refractivity contribution in [2.45, 2.75) is 39.5 Å². The van der Waals surface area contributed by atoms with Crippen molar-refractivity contribution in [2.75, 3.05) is 0 Å². The van der Waals surface area contributed by atoms with Crippen molar-refractivity contribution in [3.8, 4) is 0 Å². The van der Waals surface area contributed by atoms with Crippen LogP contribution in [0.4, 0.5) is 0 Å². The molecule has 0 aliphatic carbocycles. The van der Waals surface area contributed by atoms with Crippen LogP contribution in [0.25, 0.3) is 0 Å². The Bertz CT molecular complexity index is 69.0. The predicted octanol–water partition coefficient (Wildman–Crippen LogP) is 3.20. The summed E-state index contributed by atoms with van der Waals surface area (Å²) in [6.07, 6.45) is 5.10. The molecule has 0 radical (unpaired) electrons. The van der Waals surface area contributed by atoms with Crippen molar-refractivity contribution in [3.05, 3.63) is 0 Å². The summed E-state index contributed by atoms with van der Waals surface area (Å²) in [5.41, 5.74) is 0. The van der Waals surface area contributed by atoms with E-state index in [2.05, 4.69) is 13.8 Å². The third-order valence-electron chi connectivity index (χ3n) is 1.55. The van der Waals surface area contributed by atoms with Crippen LogP contribution in [0.1, 0.15) is 39.5 Å². The summed E-state index contributed by atoms with van der Waals surface area (Å²) < 4.78 is 0. The Labute approximate surface area is 63.7 Å². The Kier molecular flexibility index (Phi) is 6.28. The molecule has 0 saturated heterocycles. The minimum atomic E-state index is 0.808. The zero-order valence-corrected chi connectivity index (χ0v) is 7.21. The van der Waals surface area contributed by atoms with Crippen LogP contribution in [-0.2, 0) is 0 Å². The molecular formula is C8H16S. The molecule has 1 unspecified atom stereocenters. The van der Waals surface area contributed by atoms with Gasteiger partial charge in [0.15, 0.2) is 0 Å². The van der Waals surface area contributed by atoms with E-state index in [1.807, 2.05) is 5.37 Å². The molecule has 0 aromatic rings. The molecule has 0 rings (SSSR count). The Morgan fingerprint density at radius 3 is 2.67 bits per heavy atom. The maximum atomic E-state index is 4.75. The maximum absolute atomic E-state index is 4.75. The summed E-state index contributed by atoms with van der Waals surface area (Å²) in [6, 6.07) is 0. The highest BCUT2D eigenvalue weighted by Gasteiger charge is 1.96. The fourth-order valence-electron chi connectivity index (χ4n) is 0.835. The molecular weight excluding hydrogens is 128 g/mol. The predicted molar refractivity (Wildman–Crippen MR) is 47.0 cm³/mol. The SMILES string of the molecule is CCCCC(C)CC=S. The molecule has 0 spiro atoms. The van der Waals surface area contributed by atoms with E-state index in [0.29, 0.717) is 0 Å². The van der Waals surface area contributed by atoms with E-state index >= 15 is 0 Å². The number of hydrogen-bond donors (Lipinski definition) is 0. The van der Waals surface area contributed by atoms with Crippen molar-refractivity contribution in [1.29, 1.82) is 0 Å². The first-order valence-corrected chi connectivity index (χ1v) is 4.22. The summed E-state index contributed by atoms with van der Waals surface area (Å²) >= 11 is 4.75. The molecule has 0 N–H and O–H groups in total. The van der Waals surface area contributed by atoms with Gasteiger partial charge in [-0.3, -0.25) is 0 Å². The van der Waals surface area contributed by atoms with Crippen molar-refractivity contribution >= 4 is 17.6 Å². The average Bonchev–Trinajstić information content (AvgIpc) is 1.85. The molecule has 0 fully saturated rings. The van der Waals surface area contributed by atoms with Gasteiger partial charge in [0, 0.05) is 0 Å². The van der Waals surface area contributed by atoms with Crippen LogP contribution in [-0.4, -0.2) is 5.37 Å². The first kappa shape index (κ1) is 9.09. The monoisotopic (exact) mass is 144 g/mol. The second kappa shape index (κ2) is 6.21. The molecule has 9 heavy (non-hydrogen) atoms. The quantitative estimate of drug-likeness (QED) is 0.534. The lowest BCUT2D eigenvalue weighted by Crippen LogP contribution is -1.93. The number of thiocarbonyl (C=S) groups is 1. The Balaban J connectivity index is 3.04. The Hall–Kier alpha value is 0.0900. The minimum Gasteiger partial charge on any atom is -0.0935 e. The van der Waals surface area contributed by atoms with Crippen LogP contribution < -0.4 is 0 Å². The van der Waals surface area contributed by atoms with Gasteiger partial charge in [-0.05, 0) is 17.7 Å². The van der Waals surface area contributed by atoms with E-state index in [0.717, 1.165) is 12.3 Å². The second-order valence-corrected chi connectivity index (χ2v) is 2.98. The minimum absolute atomic E-state index is 0.808. The second-order valence-electron chi connectivity index (χ2n) is 2.65. The zero-order valence-electron chi connectivity index (χ0n) is 6.39. The molecule has 0 bridgehead atoms. The van der Waals surface area contributed by atoms with E-state index in [-0.39, 0.29) is 0 Å². The van der Waals surface area contributed by atoms with Crippen LogP contribution >= 0.6 is 12.2 Å². The fraction of sp³-hybridized carbons (Fsp3) is 0.875. The summed E-state index contributed by atoms with van der Waals surface area (Å²) in [7, 11) is 0. The highest BCUT2D eigenvalue weighted by Crippen LogP contribution is 2.09. The topological polar surface area (TPSA) is 0 Å². The first-order chi connectivity index (χ1) is 4.31. The summed E-state index contributed by atoms with van der Waals surface area (Å²) in [5.74, 6) is 0.808. The van der Waals surface area contributed by atoms with Gasteiger partial charge >= 0.3 is 0 Å². The molecule has 0 aromatic carbocycles. The number of hydrogen-bond acceptors (Lipinski definition) is 1. The fourth-order valence-corrected chi connectivity index (χ4v) is 1.16. The van der Waals surface area contributed by atoms with E-state index in [9.17, 15) is 0 Å². The van der Waals surface area contributed by atoms with Crippen LogP contribution in [0, 0.1) is 5.92 Å². The molecule has 54 valence electrons. The summed E-state index contributed by atoms with van der Waals surface area (Å²) in [5, 5.41) is 1.85. The van der Waals surface area contributed by atoms with Gasteiger partial charge in [-0.25, -0.2) is 0 Å². The van der Waals surface area contributed by atoms with Crippen LogP contribution in [0.5, 0.6) is 0 Å². The smallest absolute Gasteiger partial charge is 0.0208 e. The van der Waals surface area contributed by atoms with Crippen LogP contribution in [0.3, 0.4) is 0 Å². The van der Waals surface area contributed by atoms with Crippen molar-refractivity contribution in [3.63, 3.8) is 0 Å². The van der Waals surface area contributed by atoms with Crippen LogP contribution in [0.2, 0.25) is 0 Å². The first-order valence-electron chi connectivity index (χ1n) is 3.74. The largest absolute Gasteiger partial charge is 0.0935 e. The lowest BCUT2D eigenvalue weighted by molar-refractivity contribution is 0.527. The highest BCUT2D eigenvalue weighted by molar-refractivity contribution is 7.78. The molecule has 0 aliphatic heterocycles. The summed E-state index contributed by atoms with van der Waals surface area (Å²) in [4.78, 5) is 0. The van der Waals surface area contributed by atoms with Gasteiger partial charge in [0.05, 0.1) is 0 Å². The average molecular weight is 144 g/mol.